The van der Waals surface area contributed by atoms with E-state index in [1.54, 1.807) is 31.2 Å². The van der Waals surface area contributed by atoms with Gasteiger partial charge in [-0.2, -0.15) is 0 Å². The van der Waals surface area contributed by atoms with Crippen molar-refractivity contribution >= 4 is 32.4 Å². The smallest absolute Gasteiger partial charge is 0.264 e. The topological polar surface area (TPSA) is 58.5 Å². The summed E-state index contributed by atoms with van der Waals surface area (Å²) in [7, 11) is -3.54. The molecule has 2 rings (SSSR count). The molecule has 0 saturated carbocycles. The van der Waals surface area contributed by atoms with Crippen LogP contribution >= 0.6 is 11.6 Å². The van der Waals surface area contributed by atoms with Gasteiger partial charge in [0, 0.05) is 16.6 Å². The Morgan fingerprint density at radius 1 is 1.21 bits per heavy atom. The second-order valence-electron chi connectivity index (χ2n) is 4.64. The molecule has 6 heteroatoms. The van der Waals surface area contributed by atoms with Crippen molar-refractivity contribution in [3.63, 3.8) is 0 Å². The van der Waals surface area contributed by atoms with Gasteiger partial charge in [-0.3, -0.25) is 9.71 Å². The molecule has 0 fully saturated rings. The van der Waals surface area contributed by atoms with Gasteiger partial charge in [0.1, 0.15) is 10.7 Å². The maximum atomic E-state index is 12.2. The summed E-state index contributed by atoms with van der Waals surface area (Å²) in [5, 5.41) is 0.571. The Balaban J connectivity index is 2.58. The second-order valence-corrected chi connectivity index (χ2v) is 6.69. The molecule has 0 bridgehead atoms. The monoisotopic (exact) mass is 298 g/mol. The van der Waals surface area contributed by atoms with Gasteiger partial charge < -0.3 is 0 Å². The van der Waals surface area contributed by atoms with Crippen LogP contribution in [0.25, 0.3) is 4.91 Å². The van der Waals surface area contributed by atoms with E-state index in [-0.39, 0.29) is 10.9 Å². The summed E-state index contributed by atoms with van der Waals surface area (Å²) in [4.78, 5) is 4.56. The molecule has 1 aromatic rings. The van der Waals surface area contributed by atoms with Gasteiger partial charge in [0.2, 0.25) is 0 Å². The number of sulfonamides is 1. The minimum Gasteiger partial charge on any atom is -0.265 e. The number of nitrogens with zero attached hydrogens (tertiary/aromatic N) is 1. The molecule has 1 N–H and O–H groups in total. The van der Waals surface area contributed by atoms with Crippen molar-refractivity contribution in [2.75, 3.05) is 0 Å². The molecule has 0 unspecified atom stereocenters. The van der Waals surface area contributed by atoms with Crippen molar-refractivity contribution in [2.24, 2.45) is 4.99 Å². The van der Waals surface area contributed by atoms with E-state index in [4.69, 9.17) is 11.6 Å². The summed E-state index contributed by atoms with van der Waals surface area (Å²) in [6, 6.07) is 6.75. The van der Waals surface area contributed by atoms with E-state index in [0.29, 0.717) is 22.0 Å². The van der Waals surface area contributed by atoms with E-state index in [2.05, 4.69) is 9.71 Å². The molecule has 0 aromatic heterocycles. The summed E-state index contributed by atoms with van der Waals surface area (Å²) in [5.74, 6) is 0.417. The molecule has 19 heavy (non-hydrogen) atoms. The second kappa shape index (κ2) is 4.98. The number of rotatable bonds is 2. The van der Waals surface area contributed by atoms with Crippen molar-refractivity contribution in [2.45, 2.75) is 26.8 Å². The molecular weight excluding hydrogens is 284 g/mol. The zero-order valence-electron chi connectivity index (χ0n) is 10.9. The van der Waals surface area contributed by atoms with Crippen molar-refractivity contribution in [3.05, 3.63) is 40.4 Å². The summed E-state index contributed by atoms with van der Waals surface area (Å²) < 4.78 is 26.8. The fourth-order valence-corrected chi connectivity index (χ4v) is 3.55. The highest BCUT2D eigenvalue weighted by Crippen LogP contribution is 2.30. The van der Waals surface area contributed by atoms with Gasteiger partial charge in [-0.05, 0) is 38.5 Å². The zero-order chi connectivity index (χ0) is 14.2. The molecule has 0 saturated heterocycles. The highest BCUT2D eigenvalue weighted by atomic mass is 35.5. The Hall–Kier alpha value is -1.33. The lowest BCUT2D eigenvalue weighted by Crippen LogP contribution is -2.24. The molecule has 0 aliphatic carbocycles. The van der Waals surface area contributed by atoms with Crippen LogP contribution < -0.4 is 4.72 Å². The normalized spacial score (nSPS) is 20.2. The number of hydrogen-bond donors (Lipinski definition) is 1. The van der Waals surface area contributed by atoms with Crippen molar-refractivity contribution in [3.8, 4) is 0 Å². The minimum atomic E-state index is -3.54. The van der Waals surface area contributed by atoms with Crippen LogP contribution in [0.5, 0.6) is 0 Å². The first kappa shape index (κ1) is 14.1. The number of nitrogens with one attached hydrogen (secondary N) is 1. The lowest BCUT2D eigenvalue weighted by molar-refractivity contribution is 0.603. The minimum absolute atomic E-state index is 0.0252. The highest BCUT2D eigenvalue weighted by Gasteiger charge is 2.32. The SMILES string of the molecule is CC1=C(c2ccc(Cl)cc2)S(=O)(=O)NC1=NC(C)C. The van der Waals surface area contributed by atoms with Gasteiger partial charge in [0.25, 0.3) is 10.0 Å². The number of halogens is 1. The van der Waals surface area contributed by atoms with Crippen LogP contribution in [-0.2, 0) is 10.0 Å². The Kier molecular flexibility index (Phi) is 3.69. The molecule has 0 spiro atoms. The standard InChI is InChI=1S/C13H15ClN2O2S/c1-8(2)15-13-9(3)12(19(17,18)16-13)10-4-6-11(14)7-5-10/h4-8H,1-3H3,(H,15,16). The van der Waals surface area contributed by atoms with Gasteiger partial charge in [-0.1, -0.05) is 23.7 Å². The van der Waals surface area contributed by atoms with Crippen LogP contribution in [0.2, 0.25) is 5.02 Å². The van der Waals surface area contributed by atoms with E-state index in [0.717, 1.165) is 0 Å². The zero-order valence-corrected chi connectivity index (χ0v) is 12.5. The third-order valence-corrected chi connectivity index (χ3v) is 4.48. The van der Waals surface area contributed by atoms with Crippen molar-refractivity contribution in [1.82, 2.24) is 4.72 Å². The predicted molar refractivity (Wildman–Crippen MR) is 78.7 cm³/mol. The van der Waals surface area contributed by atoms with E-state index in [1.165, 1.54) is 0 Å². The summed E-state index contributed by atoms with van der Waals surface area (Å²) >= 11 is 5.82. The van der Waals surface area contributed by atoms with E-state index in [9.17, 15) is 8.42 Å². The number of benzene rings is 1. The lowest BCUT2D eigenvalue weighted by Gasteiger charge is -2.03. The van der Waals surface area contributed by atoms with E-state index >= 15 is 0 Å². The van der Waals surface area contributed by atoms with Gasteiger partial charge in [-0.25, -0.2) is 8.42 Å². The average molecular weight is 299 g/mol. The lowest BCUT2D eigenvalue weighted by atomic mass is 10.1. The molecule has 4 nitrogen and oxygen atoms in total. The molecule has 0 atom stereocenters. The number of aliphatic imine (C=N–C) groups is 1. The Labute approximate surface area is 118 Å². The van der Waals surface area contributed by atoms with Crippen LogP contribution in [0.15, 0.2) is 34.8 Å². The quantitative estimate of drug-likeness (QED) is 0.912. The van der Waals surface area contributed by atoms with Crippen LogP contribution in [0.1, 0.15) is 26.3 Å². The Morgan fingerprint density at radius 2 is 1.79 bits per heavy atom. The van der Waals surface area contributed by atoms with E-state index in [1.807, 2.05) is 13.8 Å². The molecular formula is C13H15ClN2O2S. The molecule has 1 aromatic carbocycles. The van der Waals surface area contributed by atoms with Crippen molar-refractivity contribution in [1.29, 1.82) is 0 Å². The van der Waals surface area contributed by atoms with Crippen LogP contribution in [0.3, 0.4) is 0 Å². The maximum Gasteiger partial charge on any atom is 0.264 e. The number of amidine groups is 1. The van der Waals surface area contributed by atoms with Crippen LogP contribution in [0.4, 0.5) is 0 Å². The third-order valence-electron chi connectivity index (χ3n) is 2.69. The molecule has 102 valence electrons. The van der Waals surface area contributed by atoms with Crippen molar-refractivity contribution < 1.29 is 8.42 Å². The Morgan fingerprint density at radius 3 is 2.32 bits per heavy atom. The van der Waals surface area contributed by atoms with Gasteiger partial charge in [-0.15, -0.1) is 0 Å². The van der Waals surface area contributed by atoms with Crippen LogP contribution in [0, 0.1) is 0 Å². The first-order valence-electron chi connectivity index (χ1n) is 5.89. The number of hydrogen-bond acceptors (Lipinski definition) is 3. The van der Waals surface area contributed by atoms with Gasteiger partial charge in [0.15, 0.2) is 0 Å². The highest BCUT2D eigenvalue weighted by molar-refractivity contribution is 8.00. The third kappa shape index (κ3) is 2.82. The molecule has 1 heterocycles. The summed E-state index contributed by atoms with van der Waals surface area (Å²) in [5.41, 5.74) is 1.25. The molecule has 0 radical (unpaired) electrons. The van der Waals surface area contributed by atoms with Crippen LogP contribution in [-0.4, -0.2) is 20.3 Å². The fourth-order valence-electron chi connectivity index (χ4n) is 1.92. The predicted octanol–water partition coefficient (Wildman–Crippen LogP) is 2.81. The first-order chi connectivity index (χ1) is 8.81. The fraction of sp³-hybridized carbons (Fsp3) is 0.308. The molecule has 1 aliphatic heterocycles. The first-order valence-corrected chi connectivity index (χ1v) is 7.75. The van der Waals surface area contributed by atoms with E-state index < -0.39 is 10.0 Å². The van der Waals surface area contributed by atoms with Gasteiger partial charge in [0.05, 0.1) is 0 Å². The molecule has 1 aliphatic rings. The summed E-state index contributed by atoms with van der Waals surface area (Å²) in [6.45, 7) is 5.55. The maximum absolute atomic E-state index is 12.2. The van der Waals surface area contributed by atoms with Gasteiger partial charge >= 0.3 is 0 Å². The summed E-state index contributed by atoms with van der Waals surface area (Å²) in [6.07, 6.45) is 0. The average Bonchev–Trinajstić information content (AvgIpc) is 2.50. The largest absolute Gasteiger partial charge is 0.265 e. The molecule has 0 amide bonds. The Bertz CT molecular complexity index is 658.